The van der Waals surface area contributed by atoms with Crippen LogP contribution in [0.5, 0.6) is 5.75 Å². The predicted molar refractivity (Wildman–Crippen MR) is 123 cm³/mol. The van der Waals surface area contributed by atoms with Gasteiger partial charge in [0.05, 0.1) is 31.0 Å². The highest BCUT2D eigenvalue weighted by molar-refractivity contribution is 5.97. The van der Waals surface area contributed by atoms with Crippen LogP contribution in [0.25, 0.3) is 0 Å². The van der Waals surface area contributed by atoms with E-state index in [1.807, 2.05) is 49.4 Å². The van der Waals surface area contributed by atoms with Gasteiger partial charge in [0.25, 0.3) is 11.8 Å². The normalized spacial score (nSPS) is 17.9. The highest BCUT2D eigenvalue weighted by atomic mass is 16.5. The molecule has 9 heteroatoms. The molecule has 0 bridgehead atoms. The molecule has 0 saturated carbocycles. The van der Waals surface area contributed by atoms with Crippen molar-refractivity contribution >= 4 is 11.8 Å². The third kappa shape index (κ3) is 4.26. The topological polar surface area (TPSA) is 89.8 Å². The molecule has 1 saturated heterocycles. The van der Waals surface area contributed by atoms with Gasteiger partial charge in [0.2, 0.25) is 0 Å². The van der Waals surface area contributed by atoms with Crippen LogP contribution in [-0.4, -0.2) is 69.4 Å². The quantitative estimate of drug-likeness (QED) is 0.580. The average Bonchev–Trinajstić information content (AvgIpc) is 3.32. The van der Waals surface area contributed by atoms with Gasteiger partial charge in [-0.3, -0.25) is 9.59 Å². The first-order chi connectivity index (χ1) is 16.7. The number of aromatic nitrogens is 3. The van der Waals surface area contributed by atoms with Crippen LogP contribution in [0.2, 0.25) is 0 Å². The Hall–Kier alpha value is -3.72. The molecule has 2 aliphatic rings. The molecule has 1 fully saturated rings. The summed E-state index contributed by atoms with van der Waals surface area (Å²) in [6.07, 6.45) is -0.118. The molecule has 2 aliphatic heterocycles. The van der Waals surface area contributed by atoms with Crippen LogP contribution in [0.15, 0.2) is 54.6 Å². The molecule has 5 rings (SSSR count). The number of hydrogen-bond acceptors (Lipinski definition) is 6. The van der Waals surface area contributed by atoms with Crippen molar-refractivity contribution in [3.8, 4) is 5.75 Å². The minimum absolute atomic E-state index is 0.0856. The van der Waals surface area contributed by atoms with Gasteiger partial charge in [0, 0.05) is 26.2 Å². The fourth-order valence-corrected chi connectivity index (χ4v) is 4.40. The number of rotatable bonds is 5. The van der Waals surface area contributed by atoms with Crippen molar-refractivity contribution in [2.24, 2.45) is 0 Å². The fourth-order valence-electron chi connectivity index (χ4n) is 4.40. The molecule has 0 N–H and O–H groups in total. The zero-order chi connectivity index (χ0) is 23.5. The molecule has 9 nitrogen and oxygen atoms in total. The van der Waals surface area contributed by atoms with E-state index in [2.05, 4.69) is 10.3 Å². The van der Waals surface area contributed by atoms with Crippen molar-refractivity contribution in [2.45, 2.75) is 26.2 Å². The van der Waals surface area contributed by atoms with Gasteiger partial charge in [-0.2, -0.15) is 0 Å². The predicted octanol–water partition coefficient (Wildman–Crippen LogP) is 2.55. The lowest BCUT2D eigenvalue weighted by atomic mass is 10.1. The van der Waals surface area contributed by atoms with E-state index < -0.39 is 0 Å². The maximum absolute atomic E-state index is 13.2. The van der Waals surface area contributed by atoms with Crippen LogP contribution in [0.1, 0.15) is 45.1 Å². The molecule has 1 atom stereocenters. The number of hydrogen-bond donors (Lipinski definition) is 0. The van der Waals surface area contributed by atoms with Crippen LogP contribution in [0.3, 0.4) is 0 Å². The van der Waals surface area contributed by atoms with Gasteiger partial charge in [-0.25, -0.2) is 4.68 Å². The minimum Gasteiger partial charge on any atom is -0.493 e. The number of carbonyl (C=O) groups is 2. The number of piperazine rings is 1. The van der Waals surface area contributed by atoms with Crippen molar-refractivity contribution in [1.29, 1.82) is 0 Å². The monoisotopic (exact) mass is 461 g/mol. The Labute approximate surface area is 197 Å². The summed E-state index contributed by atoms with van der Waals surface area (Å²) in [5.74, 6) is 0.320. The largest absolute Gasteiger partial charge is 0.493 e. The number of ether oxygens (including phenoxy) is 2. The van der Waals surface area contributed by atoms with E-state index in [4.69, 9.17) is 9.47 Å². The Morgan fingerprint density at radius 2 is 1.65 bits per heavy atom. The van der Waals surface area contributed by atoms with Crippen molar-refractivity contribution < 1.29 is 19.1 Å². The maximum atomic E-state index is 13.2. The summed E-state index contributed by atoms with van der Waals surface area (Å²) in [7, 11) is 0. The Kier molecular flexibility index (Phi) is 6.27. The van der Waals surface area contributed by atoms with Gasteiger partial charge >= 0.3 is 0 Å². The number of nitrogens with zero attached hydrogens (tertiary/aromatic N) is 5. The smallest absolute Gasteiger partial charge is 0.276 e. The van der Waals surface area contributed by atoms with E-state index in [0.29, 0.717) is 62.0 Å². The molecule has 2 aromatic carbocycles. The van der Waals surface area contributed by atoms with E-state index in [1.165, 1.54) is 0 Å². The van der Waals surface area contributed by atoms with Crippen molar-refractivity contribution in [1.82, 2.24) is 24.8 Å². The SMILES string of the molecule is CCOc1ccccc1C(=O)N1CCN(C(=O)c2nnn3c2CO[C@H](c2ccccc2)C3)CC1. The van der Waals surface area contributed by atoms with Crippen LogP contribution in [-0.2, 0) is 17.9 Å². The first kappa shape index (κ1) is 22.1. The Morgan fingerprint density at radius 1 is 0.971 bits per heavy atom. The summed E-state index contributed by atoms with van der Waals surface area (Å²) in [5.41, 5.74) is 2.64. The number of benzene rings is 2. The molecule has 3 aromatic rings. The zero-order valence-electron chi connectivity index (χ0n) is 19.1. The van der Waals surface area contributed by atoms with E-state index in [1.54, 1.807) is 26.6 Å². The van der Waals surface area contributed by atoms with Crippen molar-refractivity contribution in [2.75, 3.05) is 32.8 Å². The standard InChI is InChI=1S/C25H27N5O4/c1-2-33-21-11-7-6-10-19(21)24(31)28-12-14-29(15-13-28)25(32)23-20-17-34-22(16-30(20)27-26-23)18-8-4-3-5-9-18/h3-11,22H,2,12-17H2,1H3/t22-/m0/s1. The van der Waals surface area contributed by atoms with Crippen LogP contribution in [0.4, 0.5) is 0 Å². The summed E-state index contributed by atoms with van der Waals surface area (Å²) >= 11 is 0. The van der Waals surface area contributed by atoms with Crippen LogP contribution in [0, 0.1) is 0 Å². The summed E-state index contributed by atoms with van der Waals surface area (Å²) in [5, 5.41) is 8.40. The highest BCUT2D eigenvalue weighted by Gasteiger charge is 2.32. The second-order valence-electron chi connectivity index (χ2n) is 8.29. The van der Waals surface area contributed by atoms with Crippen LogP contribution >= 0.6 is 0 Å². The van der Waals surface area contributed by atoms with E-state index in [0.717, 1.165) is 5.56 Å². The minimum atomic E-state index is -0.176. The molecule has 0 aliphatic carbocycles. The molecule has 176 valence electrons. The highest BCUT2D eigenvalue weighted by Crippen LogP contribution is 2.27. The maximum Gasteiger partial charge on any atom is 0.276 e. The summed E-state index contributed by atoms with van der Waals surface area (Å²) in [6, 6.07) is 17.2. The molecule has 1 aromatic heterocycles. The molecule has 2 amide bonds. The number of carbonyl (C=O) groups excluding carboxylic acids is 2. The molecule has 34 heavy (non-hydrogen) atoms. The summed E-state index contributed by atoms with van der Waals surface area (Å²) in [6.45, 7) is 4.93. The molecule has 3 heterocycles. The Bertz CT molecular complexity index is 1170. The van der Waals surface area contributed by atoms with Gasteiger partial charge in [-0.1, -0.05) is 47.7 Å². The summed E-state index contributed by atoms with van der Waals surface area (Å²) in [4.78, 5) is 29.7. The lowest BCUT2D eigenvalue weighted by molar-refractivity contribution is -0.00202. The van der Waals surface area contributed by atoms with Gasteiger partial charge in [-0.15, -0.1) is 5.10 Å². The van der Waals surface area contributed by atoms with E-state index in [9.17, 15) is 9.59 Å². The second-order valence-corrected chi connectivity index (χ2v) is 8.29. The van der Waals surface area contributed by atoms with Crippen LogP contribution < -0.4 is 4.74 Å². The van der Waals surface area contributed by atoms with Gasteiger partial charge in [0.15, 0.2) is 5.69 Å². The molecule has 0 radical (unpaired) electrons. The third-order valence-corrected chi connectivity index (χ3v) is 6.24. The lowest BCUT2D eigenvalue weighted by Gasteiger charge is -2.35. The number of amides is 2. The first-order valence-corrected chi connectivity index (χ1v) is 11.5. The second kappa shape index (κ2) is 9.64. The molecule has 0 unspecified atom stereocenters. The van der Waals surface area contributed by atoms with Crippen molar-refractivity contribution in [3.05, 3.63) is 77.1 Å². The van der Waals surface area contributed by atoms with Gasteiger partial charge in [-0.05, 0) is 24.6 Å². The molecule has 0 spiro atoms. The molecular weight excluding hydrogens is 434 g/mol. The first-order valence-electron chi connectivity index (χ1n) is 11.5. The van der Waals surface area contributed by atoms with Gasteiger partial charge in [0.1, 0.15) is 11.9 Å². The average molecular weight is 462 g/mol. The number of para-hydroxylation sites is 1. The fraction of sp³-hybridized carbons (Fsp3) is 0.360. The Morgan fingerprint density at radius 3 is 2.38 bits per heavy atom. The lowest BCUT2D eigenvalue weighted by Crippen LogP contribution is -2.51. The Balaban J connectivity index is 1.23. The van der Waals surface area contributed by atoms with Crippen molar-refractivity contribution in [3.63, 3.8) is 0 Å². The number of fused-ring (bicyclic) bond motifs is 1. The van der Waals surface area contributed by atoms with E-state index >= 15 is 0 Å². The summed E-state index contributed by atoms with van der Waals surface area (Å²) < 4.78 is 13.4. The third-order valence-electron chi connectivity index (χ3n) is 6.24. The van der Waals surface area contributed by atoms with E-state index in [-0.39, 0.29) is 24.5 Å². The van der Waals surface area contributed by atoms with Gasteiger partial charge < -0.3 is 19.3 Å². The zero-order valence-corrected chi connectivity index (χ0v) is 19.1. The molecular formula is C25H27N5O4.